The van der Waals surface area contributed by atoms with E-state index in [0.717, 1.165) is 25.2 Å². The van der Waals surface area contributed by atoms with E-state index in [-0.39, 0.29) is 23.7 Å². The van der Waals surface area contributed by atoms with Gasteiger partial charge in [-0.2, -0.15) is 0 Å². The van der Waals surface area contributed by atoms with Crippen molar-refractivity contribution >= 4 is 25.4 Å². The summed E-state index contributed by atoms with van der Waals surface area (Å²) in [5.41, 5.74) is 4.04. The van der Waals surface area contributed by atoms with E-state index in [1.807, 2.05) is 50.1 Å². The van der Waals surface area contributed by atoms with Crippen LogP contribution in [-0.4, -0.2) is 91.2 Å². The monoisotopic (exact) mass is 591 g/mol. The zero-order chi connectivity index (χ0) is 30.2. The smallest absolute Gasteiger partial charge is 0.253 e. The molecular formula is C33H49N3O3Si2. The Bertz CT molecular complexity index is 1120. The van der Waals surface area contributed by atoms with Gasteiger partial charge in [0.2, 0.25) is 19.5 Å². The van der Waals surface area contributed by atoms with E-state index < -0.39 is 0 Å². The second-order valence-electron chi connectivity index (χ2n) is 11.5. The summed E-state index contributed by atoms with van der Waals surface area (Å²) in [5.74, 6) is 0.0844. The van der Waals surface area contributed by atoms with Crippen molar-refractivity contribution in [3.05, 3.63) is 83.4 Å². The van der Waals surface area contributed by atoms with Gasteiger partial charge in [-0.05, 0) is 69.6 Å². The third kappa shape index (κ3) is 7.86. The number of benzene rings is 2. The van der Waals surface area contributed by atoms with Gasteiger partial charge in [0.05, 0.1) is 6.04 Å². The molecule has 2 aromatic carbocycles. The Morgan fingerprint density at radius 1 is 1.02 bits per heavy atom. The van der Waals surface area contributed by atoms with Crippen LogP contribution in [0.15, 0.2) is 61.2 Å². The number of hydrogen-bond acceptors (Lipinski definition) is 5. The fourth-order valence-corrected chi connectivity index (χ4v) is 7.07. The molecule has 1 saturated heterocycles. The third-order valence-corrected chi connectivity index (χ3v) is 9.27. The minimum Gasteiger partial charge on any atom is -0.393 e. The molecule has 3 rings (SSSR count). The third-order valence-electron chi connectivity index (χ3n) is 8.37. The first-order valence-corrected chi connectivity index (χ1v) is 17.7. The van der Waals surface area contributed by atoms with Gasteiger partial charge < -0.3 is 13.8 Å². The van der Waals surface area contributed by atoms with Crippen LogP contribution in [0.1, 0.15) is 74.6 Å². The molecule has 0 saturated carbocycles. The first-order valence-electron chi connectivity index (χ1n) is 14.9. The predicted octanol–water partition coefficient (Wildman–Crippen LogP) is 5.81. The molecule has 0 bridgehead atoms. The van der Waals surface area contributed by atoms with Gasteiger partial charge in [0.1, 0.15) is 6.29 Å². The van der Waals surface area contributed by atoms with Gasteiger partial charge in [-0.3, -0.25) is 14.6 Å². The lowest BCUT2D eigenvalue weighted by Crippen LogP contribution is -2.57. The van der Waals surface area contributed by atoms with Crippen molar-refractivity contribution in [2.75, 3.05) is 32.7 Å². The summed E-state index contributed by atoms with van der Waals surface area (Å²) in [7, 11) is 0.707. The van der Waals surface area contributed by atoms with E-state index in [2.05, 4.69) is 80.5 Å². The lowest BCUT2D eigenvalue weighted by Gasteiger charge is -2.47. The maximum absolute atomic E-state index is 13.1. The highest BCUT2D eigenvalue weighted by atomic mass is 28.2. The Labute approximate surface area is 254 Å². The van der Waals surface area contributed by atoms with E-state index >= 15 is 0 Å². The maximum Gasteiger partial charge on any atom is 0.253 e. The molecule has 222 valence electrons. The van der Waals surface area contributed by atoms with Crippen molar-refractivity contribution in [1.82, 2.24) is 14.7 Å². The standard InChI is InChI=1S/C33H49N3O3Si2/c1-10-20-35-22-25(5)36(23-24(35)4)30(26-16-18-27(19-17-26)31(37)34(11-2)12-3)28-14-13-15-29(21-28)33(6,7)32(38-40-8)39-41-9/h10,13-19,21,24-25,30,32H,1,11-12,20,22-23H2,2-9H3/t24-,25-,30?/m0/s1. The van der Waals surface area contributed by atoms with Crippen LogP contribution in [0, 0.1) is 0 Å². The molecule has 2 aromatic rings. The van der Waals surface area contributed by atoms with Crippen LogP contribution in [0.4, 0.5) is 0 Å². The molecular weight excluding hydrogens is 543 g/mol. The zero-order valence-corrected chi connectivity index (χ0v) is 28.3. The molecule has 8 heteroatoms. The van der Waals surface area contributed by atoms with Gasteiger partial charge in [-0.1, -0.05) is 56.3 Å². The second-order valence-corrected chi connectivity index (χ2v) is 12.8. The van der Waals surface area contributed by atoms with Crippen LogP contribution < -0.4 is 0 Å². The van der Waals surface area contributed by atoms with E-state index in [4.69, 9.17) is 8.85 Å². The molecule has 41 heavy (non-hydrogen) atoms. The van der Waals surface area contributed by atoms with Gasteiger partial charge in [0.25, 0.3) is 5.91 Å². The van der Waals surface area contributed by atoms with Crippen molar-refractivity contribution in [2.24, 2.45) is 0 Å². The van der Waals surface area contributed by atoms with Crippen molar-refractivity contribution in [2.45, 2.75) is 84.5 Å². The van der Waals surface area contributed by atoms with E-state index in [0.29, 0.717) is 44.7 Å². The number of hydrogen-bond donors (Lipinski definition) is 0. The number of carbonyl (C=O) groups is 1. The molecule has 0 aliphatic carbocycles. The highest BCUT2D eigenvalue weighted by molar-refractivity contribution is 6.26. The first-order chi connectivity index (χ1) is 19.6. The number of rotatable bonds is 14. The summed E-state index contributed by atoms with van der Waals surface area (Å²) in [6, 6.07) is 18.0. The van der Waals surface area contributed by atoms with Crippen LogP contribution in [-0.2, 0) is 14.3 Å². The highest BCUT2D eigenvalue weighted by Gasteiger charge is 2.37. The second kappa shape index (κ2) is 15.4. The Morgan fingerprint density at radius 3 is 2.22 bits per heavy atom. The van der Waals surface area contributed by atoms with E-state index in [9.17, 15) is 4.79 Å². The summed E-state index contributed by atoms with van der Waals surface area (Å²) < 4.78 is 12.2. The first kappa shape index (κ1) is 33.4. The van der Waals surface area contributed by atoms with Crippen LogP contribution >= 0.6 is 0 Å². The van der Waals surface area contributed by atoms with E-state index in [1.165, 1.54) is 16.7 Å². The van der Waals surface area contributed by atoms with Gasteiger partial charge in [-0.15, -0.1) is 6.58 Å². The average molecular weight is 592 g/mol. The SMILES string of the molecule is C=CCN1C[C@H](C)N(C(c2ccc(C(=O)N(CC)CC)cc2)c2cccc(C(C)(C)C(O[Si]C)O[Si]C)c2)C[C@@H]1C. The molecule has 6 nitrogen and oxygen atoms in total. The summed E-state index contributed by atoms with van der Waals surface area (Å²) in [6.45, 7) is 25.4. The lowest BCUT2D eigenvalue weighted by molar-refractivity contribution is -0.0433. The minimum atomic E-state index is -0.325. The molecule has 3 atom stereocenters. The normalized spacial score (nSPS) is 19.3. The van der Waals surface area contributed by atoms with Crippen LogP contribution in [0.3, 0.4) is 0 Å². The van der Waals surface area contributed by atoms with Gasteiger partial charge in [0.15, 0.2) is 0 Å². The molecule has 1 unspecified atom stereocenters. The lowest BCUT2D eigenvalue weighted by atomic mass is 9.81. The fourth-order valence-electron chi connectivity index (χ4n) is 5.86. The molecule has 1 aliphatic rings. The van der Waals surface area contributed by atoms with Crippen LogP contribution in [0.25, 0.3) is 0 Å². The molecule has 1 aliphatic heterocycles. The summed E-state index contributed by atoms with van der Waals surface area (Å²) in [6.07, 6.45) is 1.69. The van der Waals surface area contributed by atoms with E-state index in [1.54, 1.807) is 0 Å². The molecule has 1 heterocycles. The maximum atomic E-state index is 13.1. The topological polar surface area (TPSA) is 45.2 Å². The Morgan fingerprint density at radius 2 is 1.66 bits per heavy atom. The predicted molar refractivity (Wildman–Crippen MR) is 172 cm³/mol. The number of carbonyl (C=O) groups excluding carboxylic acids is 1. The fraction of sp³-hybridized carbons (Fsp3) is 0.545. The molecule has 1 fully saturated rings. The van der Waals surface area contributed by atoms with Gasteiger partial charge in [-0.25, -0.2) is 0 Å². The molecule has 0 spiro atoms. The highest BCUT2D eigenvalue weighted by Crippen LogP contribution is 2.37. The number of amides is 1. The van der Waals surface area contributed by atoms with Crippen molar-refractivity contribution in [1.29, 1.82) is 0 Å². The Kier molecular flexibility index (Phi) is 12.6. The summed E-state index contributed by atoms with van der Waals surface area (Å²) >= 11 is 0. The quantitative estimate of drug-likeness (QED) is 0.158. The van der Waals surface area contributed by atoms with Gasteiger partial charge >= 0.3 is 0 Å². The number of piperazine rings is 1. The Balaban J connectivity index is 2.07. The minimum absolute atomic E-state index is 0.0491. The Hall–Kier alpha value is -2.08. The largest absolute Gasteiger partial charge is 0.393 e. The molecule has 0 aromatic heterocycles. The van der Waals surface area contributed by atoms with Crippen molar-refractivity contribution in [3.8, 4) is 0 Å². The zero-order valence-electron chi connectivity index (χ0n) is 26.3. The number of nitrogens with zero attached hydrogens (tertiary/aromatic N) is 3. The van der Waals surface area contributed by atoms with Gasteiger partial charge in [0, 0.05) is 55.8 Å². The van der Waals surface area contributed by atoms with Crippen LogP contribution in [0.5, 0.6) is 0 Å². The molecule has 1 amide bonds. The molecule has 0 N–H and O–H groups in total. The van der Waals surface area contributed by atoms with Crippen LogP contribution in [0.2, 0.25) is 13.1 Å². The summed E-state index contributed by atoms with van der Waals surface area (Å²) in [5, 5.41) is 0. The summed E-state index contributed by atoms with van der Waals surface area (Å²) in [4.78, 5) is 20.1. The average Bonchev–Trinajstić information content (AvgIpc) is 2.96. The van der Waals surface area contributed by atoms with Crippen molar-refractivity contribution in [3.63, 3.8) is 0 Å². The van der Waals surface area contributed by atoms with Crippen molar-refractivity contribution < 1.29 is 13.6 Å². The molecule has 4 radical (unpaired) electrons.